The number of rotatable bonds is 5. The SMILES string of the molecule is COc1ccnc(Oc2ccc(C(=O)N[C@@H]3C[C@H]4CC[C@@H]3N4)cc2)c1. The standard InChI is InChI=1S/C19H21N3O3/c1-24-15-8-9-20-18(11-15)25-14-5-2-12(3-6-14)19(23)22-17-10-13-4-7-16(17)21-13/h2-3,5-6,8-9,11,13,16-17,21H,4,7,10H2,1H3,(H,22,23)/t13-,16+,17-/m1/s1. The van der Waals surface area contributed by atoms with Gasteiger partial charge in [-0.25, -0.2) is 4.98 Å². The molecule has 2 N–H and O–H groups in total. The van der Waals surface area contributed by atoms with E-state index in [4.69, 9.17) is 9.47 Å². The molecule has 2 bridgehead atoms. The Morgan fingerprint density at radius 3 is 2.72 bits per heavy atom. The number of hydrogen-bond donors (Lipinski definition) is 2. The molecule has 0 unspecified atom stereocenters. The minimum atomic E-state index is -0.0367. The van der Waals surface area contributed by atoms with Crippen LogP contribution in [0.3, 0.4) is 0 Å². The summed E-state index contributed by atoms with van der Waals surface area (Å²) in [5.74, 6) is 1.72. The number of carbonyl (C=O) groups is 1. The molecule has 0 aliphatic carbocycles. The highest BCUT2D eigenvalue weighted by Gasteiger charge is 2.39. The number of ether oxygens (including phenoxy) is 2. The quantitative estimate of drug-likeness (QED) is 0.876. The highest BCUT2D eigenvalue weighted by atomic mass is 16.5. The van der Waals surface area contributed by atoms with Crippen LogP contribution in [0.2, 0.25) is 0 Å². The van der Waals surface area contributed by atoms with E-state index < -0.39 is 0 Å². The molecule has 25 heavy (non-hydrogen) atoms. The van der Waals surface area contributed by atoms with Crippen LogP contribution >= 0.6 is 0 Å². The molecule has 1 aromatic heterocycles. The van der Waals surface area contributed by atoms with Crippen molar-refractivity contribution in [2.75, 3.05) is 7.11 Å². The van der Waals surface area contributed by atoms with Crippen LogP contribution in [0.15, 0.2) is 42.6 Å². The summed E-state index contributed by atoms with van der Waals surface area (Å²) in [5.41, 5.74) is 0.633. The molecule has 0 radical (unpaired) electrons. The second-order valence-electron chi connectivity index (χ2n) is 6.52. The van der Waals surface area contributed by atoms with Gasteiger partial charge in [-0.3, -0.25) is 4.79 Å². The molecule has 1 amide bonds. The molecule has 0 spiro atoms. The van der Waals surface area contributed by atoms with Crippen molar-refractivity contribution in [1.29, 1.82) is 0 Å². The lowest BCUT2D eigenvalue weighted by Crippen LogP contribution is -2.42. The number of hydrogen-bond acceptors (Lipinski definition) is 5. The summed E-state index contributed by atoms with van der Waals surface area (Å²) in [6, 6.07) is 11.8. The lowest BCUT2D eigenvalue weighted by Gasteiger charge is -2.21. The number of nitrogens with one attached hydrogen (secondary N) is 2. The van der Waals surface area contributed by atoms with Gasteiger partial charge in [0.2, 0.25) is 5.88 Å². The van der Waals surface area contributed by atoms with Crippen molar-refractivity contribution in [2.24, 2.45) is 0 Å². The number of pyridine rings is 1. The van der Waals surface area contributed by atoms with Crippen LogP contribution in [0, 0.1) is 0 Å². The third kappa shape index (κ3) is 3.44. The summed E-state index contributed by atoms with van der Waals surface area (Å²) in [5, 5.41) is 6.67. The average Bonchev–Trinajstić information content (AvgIpc) is 3.25. The normalized spacial score (nSPS) is 24.1. The van der Waals surface area contributed by atoms with E-state index in [9.17, 15) is 4.79 Å². The molecule has 6 nitrogen and oxygen atoms in total. The van der Waals surface area contributed by atoms with E-state index in [1.165, 1.54) is 6.42 Å². The second kappa shape index (κ2) is 6.72. The van der Waals surface area contributed by atoms with Crippen LogP contribution in [0.5, 0.6) is 17.4 Å². The van der Waals surface area contributed by atoms with Gasteiger partial charge < -0.3 is 20.1 Å². The Bertz CT molecular complexity index is 763. The molecule has 2 fully saturated rings. The van der Waals surface area contributed by atoms with Gasteiger partial charge in [0.05, 0.1) is 7.11 Å². The first-order chi connectivity index (χ1) is 12.2. The Kier molecular flexibility index (Phi) is 4.28. The van der Waals surface area contributed by atoms with Crippen LogP contribution in [-0.2, 0) is 0 Å². The van der Waals surface area contributed by atoms with Crippen LogP contribution in [0.1, 0.15) is 29.6 Å². The van der Waals surface area contributed by atoms with Gasteiger partial charge in [0.15, 0.2) is 0 Å². The van der Waals surface area contributed by atoms with E-state index in [1.807, 2.05) is 0 Å². The van der Waals surface area contributed by atoms with Gasteiger partial charge in [-0.05, 0) is 49.6 Å². The third-order valence-corrected chi connectivity index (χ3v) is 4.90. The van der Waals surface area contributed by atoms with Crippen molar-refractivity contribution >= 4 is 5.91 Å². The Hall–Kier alpha value is -2.60. The van der Waals surface area contributed by atoms with E-state index in [2.05, 4.69) is 15.6 Å². The van der Waals surface area contributed by atoms with E-state index in [0.717, 1.165) is 12.8 Å². The van der Waals surface area contributed by atoms with Gasteiger partial charge >= 0.3 is 0 Å². The molecular formula is C19H21N3O3. The van der Waals surface area contributed by atoms with E-state index >= 15 is 0 Å². The van der Waals surface area contributed by atoms with Gasteiger partial charge in [0, 0.05) is 36.0 Å². The number of fused-ring (bicyclic) bond motifs is 2. The fourth-order valence-corrected chi connectivity index (χ4v) is 3.60. The Labute approximate surface area is 146 Å². The van der Waals surface area contributed by atoms with E-state index in [-0.39, 0.29) is 11.9 Å². The van der Waals surface area contributed by atoms with E-state index in [0.29, 0.717) is 35.0 Å². The van der Waals surface area contributed by atoms with Gasteiger partial charge in [-0.1, -0.05) is 0 Å². The maximum atomic E-state index is 12.4. The Balaban J connectivity index is 1.38. The maximum absolute atomic E-state index is 12.4. The van der Waals surface area contributed by atoms with Crippen molar-refractivity contribution in [3.8, 4) is 17.4 Å². The lowest BCUT2D eigenvalue weighted by atomic mass is 9.95. The first kappa shape index (κ1) is 15.9. The second-order valence-corrected chi connectivity index (χ2v) is 6.52. The van der Waals surface area contributed by atoms with Crippen molar-refractivity contribution in [1.82, 2.24) is 15.6 Å². The number of carbonyl (C=O) groups excluding carboxylic acids is 1. The monoisotopic (exact) mass is 339 g/mol. The molecule has 4 rings (SSSR count). The Morgan fingerprint density at radius 2 is 2.04 bits per heavy atom. The summed E-state index contributed by atoms with van der Waals surface area (Å²) in [4.78, 5) is 16.6. The number of nitrogens with zero attached hydrogens (tertiary/aromatic N) is 1. The van der Waals surface area contributed by atoms with Crippen molar-refractivity contribution in [2.45, 2.75) is 37.4 Å². The predicted octanol–water partition coefficient (Wildman–Crippen LogP) is 2.51. The maximum Gasteiger partial charge on any atom is 0.251 e. The fraction of sp³-hybridized carbons (Fsp3) is 0.368. The topological polar surface area (TPSA) is 72.5 Å². The predicted molar refractivity (Wildman–Crippen MR) is 93.1 cm³/mol. The first-order valence-electron chi connectivity index (χ1n) is 8.56. The highest BCUT2D eigenvalue weighted by molar-refractivity contribution is 5.94. The van der Waals surface area contributed by atoms with Crippen LogP contribution in [0.25, 0.3) is 0 Å². The minimum absolute atomic E-state index is 0.0367. The smallest absolute Gasteiger partial charge is 0.251 e. The molecule has 3 heterocycles. The van der Waals surface area contributed by atoms with Gasteiger partial charge in [-0.15, -0.1) is 0 Å². The molecule has 2 saturated heterocycles. The fourth-order valence-electron chi connectivity index (χ4n) is 3.60. The molecule has 2 aliphatic heterocycles. The first-order valence-corrected chi connectivity index (χ1v) is 8.56. The molecule has 3 atom stereocenters. The van der Waals surface area contributed by atoms with Crippen LogP contribution in [-0.4, -0.2) is 36.1 Å². The molecule has 2 aromatic rings. The van der Waals surface area contributed by atoms with E-state index in [1.54, 1.807) is 49.7 Å². The van der Waals surface area contributed by atoms with Crippen molar-refractivity contribution < 1.29 is 14.3 Å². The molecule has 2 aliphatic rings. The summed E-state index contributed by atoms with van der Waals surface area (Å²) in [7, 11) is 1.60. The number of benzene rings is 1. The summed E-state index contributed by atoms with van der Waals surface area (Å²) in [6.45, 7) is 0. The minimum Gasteiger partial charge on any atom is -0.497 e. The van der Waals surface area contributed by atoms with Gasteiger partial charge in [0.1, 0.15) is 11.5 Å². The molecule has 130 valence electrons. The summed E-state index contributed by atoms with van der Waals surface area (Å²) in [6.07, 6.45) is 5.02. The van der Waals surface area contributed by atoms with Gasteiger partial charge in [-0.2, -0.15) is 0 Å². The average molecular weight is 339 g/mol. The zero-order chi connectivity index (χ0) is 17.2. The largest absolute Gasteiger partial charge is 0.497 e. The third-order valence-electron chi connectivity index (χ3n) is 4.90. The Morgan fingerprint density at radius 1 is 1.20 bits per heavy atom. The molecule has 1 aromatic carbocycles. The van der Waals surface area contributed by atoms with Gasteiger partial charge in [0.25, 0.3) is 5.91 Å². The zero-order valence-electron chi connectivity index (χ0n) is 14.1. The number of methoxy groups -OCH3 is 1. The zero-order valence-corrected chi connectivity index (χ0v) is 14.1. The molecule has 6 heteroatoms. The van der Waals surface area contributed by atoms with Crippen LogP contribution in [0.4, 0.5) is 0 Å². The number of amides is 1. The number of aromatic nitrogens is 1. The molecule has 0 saturated carbocycles. The molecular weight excluding hydrogens is 318 g/mol. The summed E-state index contributed by atoms with van der Waals surface area (Å²) < 4.78 is 10.8. The van der Waals surface area contributed by atoms with Crippen molar-refractivity contribution in [3.63, 3.8) is 0 Å². The summed E-state index contributed by atoms with van der Waals surface area (Å²) >= 11 is 0. The van der Waals surface area contributed by atoms with Crippen LogP contribution < -0.4 is 20.1 Å². The lowest BCUT2D eigenvalue weighted by molar-refractivity contribution is 0.0931. The van der Waals surface area contributed by atoms with Crippen molar-refractivity contribution in [3.05, 3.63) is 48.2 Å². The highest BCUT2D eigenvalue weighted by Crippen LogP contribution is 2.28.